The molecule has 1 atom stereocenters. The summed E-state index contributed by atoms with van der Waals surface area (Å²) in [6.07, 6.45) is 2.24. The van der Waals surface area contributed by atoms with Crippen LogP contribution in [0.2, 0.25) is 5.02 Å². The van der Waals surface area contributed by atoms with Crippen LogP contribution in [0.5, 0.6) is 5.75 Å². The molecule has 0 saturated carbocycles. The number of rotatable bonds is 5. The molecule has 1 amide bonds. The van der Waals surface area contributed by atoms with E-state index in [4.69, 9.17) is 16.3 Å². The van der Waals surface area contributed by atoms with Gasteiger partial charge in [0.05, 0.1) is 18.7 Å². The summed E-state index contributed by atoms with van der Waals surface area (Å²) in [5, 5.41) is 5.49. The van der Waals surface area contributed by atoms with E-state index in [1.165, 1.54) is 4.88 Å². The van der Waals surface area contributed by atoms with Crippen LogP contribution in [-0.4, -0.2) is 31.0 Å². The average Bonchev–Trinajstić information content (AvgIpc) is 3.18. The fourth-order valence-electron chi connectivity index (χ4n) is 2.95. The molecule has 122 valence electrons. The van der Waals surface area contributed by atoms with Crippen molar-refractivity contribution in [3.8, 4) is 5.75 Å². The van der Waals surface area contributed by atoms with Crippen LogP contribution >= 0.6 is 22.9 Å². The fraction of sp³-hybridized carbons (Fsp3) is 0.353. The number of thiophene rings is 1. The SMILES string of the molecule is COc1ccc(NC(=O)CN2CCC[C@H]2c2cccs2)cc1Cl. The highest BCUT2D eigenvalue weighted by Gasteiger charge is 2.28. The largest absolute Gasteiger partial charge is 0.495 e. The van der Waals surface area contributed by atoms with Crippen molar-refractivity contribution in [3.05, 3.63) is 45.6 Å². The Labute approximate surface area is 145 Å². The Balaban J connectivity index is 1.62. The Morgan fingerprint density at radius 3 is 3.04 bits per heavy atom. The number of amides is 1. The highest BCUT2D eigenvalue weighted by atomic mass is 35.5. The Bertz CT molecular complexity index is 675. The predicted octanol–water partition coefficient (Wildman–Crippen LogP) is 4.19. The zero-order valence-electron chi connectivity index (χ0n) is 12.9. The van der Waals surface area contributed by atoms with Crippen molar-refractivity contribution >= 4 is 34.5 Å². The first-order valence-electron chi connectivity index (χ1n) is 7.58. The lowest BCUT2D eigenvalue weighted by Crippen LogP contribution is -2.32. The molecule has 23 heavy (non-hydrogen) atoms. The summed E-state index contributed by atoms with van der Waals surface area (Å²) in [7, 11) is 1.57. The van der Waals surface area contributed by atoms with Gasteiger partial charge in [0.1, 0.15) is 5.75 Å². The molecule has 1 saturated heterocycles. The van der Waals surface area contributed by atoms with E-state index in [9.17, 15) is 4.79 Å². The van der Waals surface area contributed by atoms with E-state index in [0.29, 0.717) is 29.0 Å². The number of hydrogen-bond acceptors (Lipinski definition) is 4. The minimum atomic E-state index is -0.0188. The van der Waals surface area contributed by atoms with Gasteiger partial charge in [0.2, 0.25) is 5.91 Å². The first-order valence-corrected chi connectivity index (χ1v) is 8.84. The highest BCUT2D eigenvalue weighted by Crippen LogP contribution is 2.34. The first-order chi connectivity index (χ1) is 11.2. The zero-order valence-corrected chi connectivity index (χ0v) is 14.5. The van der Waals surface area contributed by atoms with Crippen LogP contribution in [0.4, 0.5) is 5.69 Å². The number of nitrogens with one attached hydrogen (secondary N) is 1. The minimum Gasteiger partial charge on any atom is -0.495 e. The molecule has 1 fully saturated rings. The van der Waals surface area contributed by atoms with Crippen LogP contribution in [0.15, 0.2) is 35.7 Å². The number of likely N-dealkylation sites (tertiary alicyclic amines) is 1. The molecule has 1 aromatic carbocycles. The van der Waals surface area contributed by atoms with Crippen molar-refractivity contribution in [2.75, 3.05) is 25.5 Å². The maximum Gasteiger partial charge on any atom is 0.238 e. The number of benzene rings is 1. The van der Waals surface area contributed by atoms with Crippen LogP contribution < -0.4 is 10.1 Å². The summed E-state index contributed by atoms with van der Waals surface area (Å²) in [6.45, 7) is 1.35. The molecule has 4 nitrogen and oxygen atoms in total. The van der Waals surface area contributed by atoms with Crippen molar-refractivity contribution in [3.63, 3.8) is 0 Å². The summed E-state index contributed by atoms with van der Waals surface area (Å²) in [5.41, 5.74) is 0.688. The van der Waals surface area contributed by atoms with Gasteiger partial charge in [-0.1, -0.05) is 17.7 Å². The van der Waals surface area contributed by atoms with E-state index in [2.05, 4.69) is 27.7 Å². The summed E-state index contributed by atoms with van der Waals surface area (Å²) >= 11 is 7.84. The Morgan fingerprint density at radius 2 is 2.35 bits per heavy atom. The monoisotopic (exact) mass is 350 g/mol. The van der Waals surface area contributed by atoms with Gasteiger partial charge < -0.3 is 10.1 Å². The van der Waals surface area contributed by atoms with Crippen molar-refractivity contribution in [2.45, 2.75) is 18.9 Å². The average molecular weight is 351 g/mol. The van der Waals surface area contributed by atoms with Crippen molar-refractivity contribution in [2.24, 2.45) is 0 Å². The van der Waals surface area contributed by atoms with Crippen molar-refractivity contribution in [1.29, 1.82) is 0 Å². The third kappa shape index (κ3) is 3.86. The van der Waals surface area contributed by atoms with Gasteiger partial charge in [-0.05, 0) is 49.0 Å². The van der Waals surface area contributed by atoms with Crippen LogP contribution in [0.1, 0.15) is 23.8 Å². The Morgan fingerprint density at radius 1 is 1.48 bits per heavy atom. The van der Waals surface area contributed by atoms with Gasteiger partial charge in [-0.2, -0.15) is 0 Å². The maximum absolute atomic E-state index is 12.3. The topological polar surface area (TPSA) is 41.6 Å². The molecule has 0 spiro atoms. The smallest absolute Gasteiger partial charge is 0.238 e. The normalized spacial score (nSPS) is 18.1. The number of halogens is 1. The van der Waals surface area contributed by atoms with Gasteiger partial charge in [-0.25, -0.2) is 0 Å². The van der Waals surface area contributed by atoms with Gasteiger partial charge >= 0.3 is 0 Å². The Hall–Kier alpha value is -1.56. The third-order valence-electron chi connectivity index (χ3n) is 4.02. The zero-order chi connectivity index (χ0) is 16.2. The molecule has 1 aliphatic rings. The number of hydrogen-bond donors (Lipinski definition) is 1. The van der Waals surface area contributed by atoms with E-state index in [1.807, 2.05) is 0 Å². The van der Waals surface area contributed by atoms with E-state index in [0.717, 1.165) is 19.4 Å². The third-order valence-corrected chi connectivity index (χ3v) is 5.29. The van der Waals surface area contributed by atoms with Crippen LogP contribution in [0.25, 0.3) is 0 Å². The first kappa shape index (κ1) is 16.3. The minimum absolute atomic E-state index is 0.0188. The molecule has 2 aromatic rings. The molecular weight excluding hydrogens is 332 g/mol. The molecule has 0 bridgehead atoms. The van der Waals surface area contributed by atoms with E-state index >= 15 is 0 Å². The molecule has 0 aliphatic carbocycles. The second-order valence-electron chi connectivity index (χ2n) is 5.54. The molecule has 1 aliphatic heterocycles. The van der Waals surface area contributed by atoms with Crippen LogP contribution in [-0.2, 0) is 4.79 Å². The maximum atomic E-state index is 12.3. The highest BCUT2D eigenvalue weighted by molar-refractivity contribution is 7.10. The lowest BCUT2D eigenvalue weighted by atomic mass is 10.2. The molecular formula is C17H19ClN2O2S. The Kier molecular flexibility index (Phi) is 5.20. The molecule has 2 heterocycles. The van der Waals surface area contributed by atoms with E-state index < -0.39 is 0 Å². The molecule has 1 N–H and O–H groups in total. The fourth-order valence-corrected chi connectivity index (χ4v) is 4.10. The van der Waals surface area contributed by atoms with Gasteiger partial charge in [0.15, 0.2) is 0 Å². The van der Waals surface area contributed by atoms with Crippen LogP contribution in [0, 0.1) is 0 Å². The number of methoxy groups -OCH3 is 1. The lowest BCUT2D eigenvalue weighted by Gasteiger charge is -2.22. The van der Waals surface area contributed by atoms with Gasteiger partial charge in [-0.15, -0.1) is 11.3 Å². The van der Waals surface area contributed by atoms with Crippen molar-refractivity contribution < 1.29 is 9.53 Å². The molecule has 3 rings (SSSR count). The molecule has 0 unspecified atom stereocenters. The van der Waals surface area contributed by atoms with E-state index in [1.54, 1.807) is 36.6 Å². The standard InChI is InChI=1S/C17H19ClN2O2S/c1-22-15-7-6-12(10-13(15)18)19-17(21)11-20-8-2-4-14(20)16-5-3-9-23-16/h3,5-7,9-10,14H,2,4,8,11H2,1H3,(H,19,21)/t14-/m0/s1. The number of carbonyl (C=O) groups is 1. The number of anilines is 1. The van der Waals surface area contributed by atoms with Gasteiger partial charge in [0.25, 0.3) is 0 Å². The summed E-state index contributed by atoms with van der Waals surface area (Å²) in [5.74, 6) is 0.580. The quantitative estimate of drug-likeness (QED) is 0.879. The predicted molar refractivity (Wildman–Crippen MR) is 94.5 cm³/mol. The number of ether oxygens (including phenoxy) is 1. The number of carbonyl (C=O) groups excluding carboxylic acids is 1. The second-order valence-corrected chi connectivity index (χ2v) is 6.93. The number of nitrogens with zero attached hydrogens (tertiary/aromatic N) is 1. The van der Waals surface area contributed by atoms with Crippen molar-refractivity contribution in [1.82, 2.24) is 4.90 Å². The summed E-state index contributed by atoms with van der Waals surface area (Å²) in [4.78, 5) is 15.9. The summed E-state index contributed by atoms with van der Waals surface area (Å²) < 4.78 is 5.12. The van der Waals surface area contributed by atoms with E-state index in [-0.39, 0.29) is 5.91 Å². The van der Waals surface area contributed by atoms with Gasteiger partial charge in [-0.3, -0.25) is 9.69 Å². The second kappa shape index (κ2) is 7.34. The lowest BCUT2D eigenvalue weighted by molar-refractivity contribution is -0.117. The molecule has 1 aromatic heterocycles. The molecule has 6 heteroatoms. The van der Waals surface area contributed by atoms with Crippen LogP contribution in [0.3, 0.4) is 0 Å². The molecule has 0 radical (unpaired) electrons. The summed E-state index contributed by atoms with van der Waals surface area (Å²) in [6, 6.07) is 9.83. The van der Waals surface area contributed by atoms with Gasteiger partial charge in [0, 0.05) is 16.6 Å².